The number of hydrogen-bond donors (Lipinski definition) is 1. The van der Waals surface area contributed by atoms with Crippen molar-refractivity contribution in [2.24, 2.45) is 0 Å². The van der Waals surface area contributed by atoms with Crippen molar-refractivity contribution in [3.63, 3.8) is 0 Å². The third-order valence-electron chi connectivity index (χ3n) is 2.96. The fraction of sp³-hybridized carbons (Fsp3) is 0.833. The summed E-state index contributed by atoms with van der Waals surface area (Å²) >= 11 is 3.56. The van der Waals surface area contributed by atoms with Crippen LogP contribution >= 0.6 is 23.3 Å². The molecule has 18 heavy (non-hydrogen) atoms. The molecule has 102 valence electrons. The molecule has 0 aromatic carbocycles. The number of rotatable bonds is 5. The summed E-state index contributed by atoms with van der Waals surface area (Å²) in [7, 11) is 0. The minimum Gasteiger partial charge on any atom is -0.374 e. The highest BCUT2D eigenvalue weighted by atomic mass is 32.2. The van der Waals surface area contributed by atoms with Gasteiger partial charge in [-0.2, -0.15) is 11.8 Å². The molecule has 1 aliphatic heterocycles. The van der Waals surface area contributed by atoms with E-state index in [1.54, 1.807) is 0 Å². The standard InChI is InChI=1S/C12H22N4S2/c1-4-5-13-12-11(14-15-18-12)8-16-6-9(2)17-10(3)7-16/h9-10,13H,4-8H2,1-3H3. The van der Waals surface area contributed by atoms with Gasteiger partial charge in [0.15, 0.2) is 0 Å². The molecule has 0 radical (unpaired) electrons. The van der Waals surface area contributed by atoms with Crippen LogP contribution in [0.25, 0.3) is 0 Å². The molecule has 0 bridgehead atoms. The van der Waals surface area contributed by atoms with Crippen LogP contribution in [0, 0.1) is 0 Å². The van der Waals surface area contributed by atoms with Crippen molar-refractivity contribution in [2.45, 2.75) is 44.2 Å². The molecule has 2 unspecified atom stereocenters. The van der Waals surface area contributed by atoms with Crippen molar-refractivity contribution in [2.75, 3.05) is 25.0 Å². The molecular formula is C12H22N4S2. The van der Waals surface area contributed by atoms with Gasteiger partial charge in [0, 0.05) is 48.2 Å². The summed E-state index contributed by atoms with van der Waals surface area (Å²) < 4.78 is 4.08. The molecule has 2 heterocycles. The van der Waals surface area contributed by atoms with Crippen LogP contribution in [0.1, 0.15) is 32.9 Å². The van der Waals surface area contributed by atoms with E-state index >= 15 is 0 Å². The lowest BCUT2D eigenvalue weighted by Crippen LogP contribution is -2.39. The van der Waals surface area contributed by atoms with Gasteiger partial charge in [0.25, 0.3) is 0 Å². The molecule has 0 amide bonds. The molecule has 1 saturated heterocycles. The summed E-state index contributed by atoms with van der Waals surface area (Å²) in [6, 6.07) is 0. The van der Waals surface area contributed by atoms with Gasteiger partial charge in [-0.05, 0) is 6.42 Å². The van der Waals surface area contributed by atoms with E-state index in [0.717, 1.165) is 43.3 Å². The molecular weight excluding hydrogens is 264 g/mol. The summed E-state index contributed by atoms with van der Waals surface area (Å²) in [5, 5.41) is 10.3. The van der Waals surface area contributed by atoms with E-state index in [4.69, 9.17) is 0 Å². The maximum atomic E-state index is 4.27. The fourth-order valence-electron chi connectivity index (χ4n) is 2.31. The lowest BCUT2D eigenvalue weighted by Gasteiger charge is -2.34. The van der Waals surface area contributed by atoms with Gasteiger partial charge < -0.3 is 5.32 Å². The number of aromatic nitrogens is 2. The lowest BCUT2D eigenvalue weighted by atomic mass is 10.3. The van der Waals surface area contributed by atoms with Crippen molar-refractivity contribution in [3.05, 3.63) is 5.69 Å². The molecule has 2 atom stereocenters. The predicted molar refractivity (Wildman–Crippen MR) is 80.5 cm³/mol. The monoisotopic (exact) mass is 286 g/mol. The smallest absolute Gasteiger partial charge is 0.134 e. The Labute approximate surface area is 118 Å². The van der Waals surface area contributed by atoms with Gasteiger partial charge in [-0.15, -0.1) is 5.10 Å². The first-order valence-electron chi connectivity index (χ1n) is 6.62. The summed E-state index contributed by atoms with van der Waals surface area (Å²) in [5.74, 6) is 0. The second-order valence-electron chi connectivity index (χ2n) is 4.93. The zero-order valence-corrected chi connectivity index (χ0v) is 13.0. The highest BCUT2D eigenvalue weighted by Crippen LogP contribution is 2.27. The van der Waals surface area contributed by atoms with Crippen LogP contribution < -0.4 is 5.32 Å². The van der Waals surface area contributed by atoms with Gasteiger partial charge in [0.1, 0.15) is 10.7 Å². The van der Waals surface area contributed by atoms with Crippen molar-refractivity contribution < 1.29 is 0 Å². The normalized spacial score (nSPS) is 25.3. The fourth-order valence-corrected chi connectivity index (χ4v) is 4.30. The molecule has 1 aromatic rings. The third-order valence-corrected chi connectivity index (χ3v) is 4.91. The van der Waals surface area contributed by atoms with Crippen LogP contribution in [0.3, 0.4) is 0 Å². The highest BCUT2D eigenvalue weighted by molar-refractivity contribution is 8.00. The minimum absolute atomic E-state index is 0.715. The van der Waals surface area contributed by atoms with Gasteiger partial charge in [-0.25, -0.2) is 0 Å². The average Bonchev–Trinajstić information content (AvgIpc) is 2.72. The van der Waals surface area contributed by atoms with E-state index in [1.807, 2.05) is 0 Å². The van der Waals surface area contributed by atoms with Crippen LogP contribution in [0.5, 0.6) is 0 Å². The lowest BCUT2D eigenvalue weighted by molar-refractivity contribution is 0.260. The quantitative estimate of drug-likeness (QED) is 0.901. The van der Waals surface area contributed by atoms with E-state index < -0.39 is 0 Å². The summed E-state index contributed by atoms with van der Waals surface area (Å²) in [6.07, 6.45) is 1.13. The first kappa shape index (κ1) is 14.1. The Kier molecular flexibility index (Phi) is 5.26. The Balaban J connectivity index is 1.94. The summed E-state index contributed by atoms with van der Waals surface area (Å²) in [5.41, 5.74) is 1.11. The maximum absolute atomic E-state index is 4.27. The minimum atomic E-state index is 0.715. The van der Waals surface area contributed by atoms with Gasteiger partial charge in [-0.1, -0.05) is 25.3 Å². The molecule has 1 N–H and O–H groups in total. The SMILES string of the molecule is CCCNc1snnc1CN1CC(C)SC(C)C1. The molecule has 1 fully saturated rings. The van der Waals surface area contributed by atoms with E-state index in [0.29, 0.717) is 10.5 Å². The number of hydrogen-bond acceptors (Lipinski definition) is 6. The molecule has 0 aliphatic carbocycles. The Morgan fingerprint density at radius 3 is 2.72 bits per heavy atom. The van der Waals surface area contributed by atoms with Crippen LogP contribution in [0.15, 0.2) is 0 Å². The van der Waals surface area contributed by atoms with Gasteiger partial charge in [0.05, 0.1) is 0 Å². The summed E-state index contributed by atoms with van der Waals surface area (Å²) in [4.78, 5) is 2.50. The van der Waals surface area contributed by atoms with Gasteiger partial charge >= 0.3 is 0 Å². The topological polar surface area (TPSA) is 41.1 Å². The van der Waals surface area contributed by atoms with Gasteiger partial charge in [0.2, 0.25) is 0 Å². The van der Waals surface area contributed by atoms with E-state index in [9.17, 15) is 0 Å². The molecule has 4 nitrogen and oxygen atoms in total. The van der Waals surface area contributed by atoms with E-state index in [1.165, 1.54) is 11.5 Å². The van der Waals surface area contributed by atoms with Crippen molar-refractivity contribution in [3.8, 4) is 0 Å². The zero-order chi connectivity index (χ0) is 13.0. The average molecular weight is 286 g/mol. The van der Waals surface area contributed by atoms with E-state index in [-0.39, 0.29) is 0 Å². The Hall–Kier alpha value is -0.330. The first-order valence-corrected chi connectivity index (χ1v) is 8.33. The Morgan fingerprint density at radius 2 is 2.06 bits per heavy atom. The molecule has 1 aliphatic rings. The predicted octanol–water partition coefficient (Wildman–Crippen LogP) is 2.69. The number of anilines is 1. The molecule has 0 saturated carbocycles. The second-order valence-corrected chi connectivity index (χ2v) is 7.56. The second kappa shape index (κ2) is 6.73. The van der Waals surface area contributed by atoms with Crippen molar-refractivity contribution in [1.82, 2.24) is 14.5 Å². The zero-order valence-electron chi connectivity index (χ0n) is 11.3. The largest absolute Gasteiger partial charge is 0.374 e. The van der Waals surface area contributed by atoms with Crippen LogP contribution in [-0.4, -0.2) is 44.6 Å². The van der Waals surface area contributed by atoms with Crippen LogP contribution in [0.2, 0.25) is 0 Å². The highest BCUT2D eigenvalue weighted by Gasteiger charge is 2.23. The molecule has 2 rings (SSSR count). The first-order chi connectivity index (χ1) is 8.69. The molecule has 0 spiro atoms. The van der Waals surface area contributed by atoms with Crippen molar-refractivity contribution >= 4 is 28.3 Å². The Morgan fingerprint density at radius 1 is 1.33 bits per heavy atom. The van der Waals surface area contributed by atoms with Crippen LogP contribution in [-0.2, 0) is 6.54 Å². The molecule has 1 aromatic heterocycles. The number of nitrogens with one attached hydrogen (secondary N) is 1. The summed E-state index contributed by atoms with van der Waals surface area (Å²) in [6.45, 7) is 11.0. The van der Waals surface area contributed by atoms with Crippen molar-refractivity contribution in [1.29, 1.82) is 0 Å². The maximum Gasteiger partial charge on any atom is 0.134 e. The van der Waals surface area contributed by atoms with Crippen LogP contribution in [0.4, 0.5) is 5.00 Å². The molecule has 6 heteroatoms. The van der Waals surface area contributed by atoms with Gasteiger partial charge in [-0.3, -0.25) is 4.90 Å². The number of thioether (sulfide) groups is 1. The number of nitrogens with zero attached hydrogens (tertiary/aromatic N) is 3. The van der Waals surface area contributed by atoms with E-state index in [2.05, 4.69) is 52.3 Å². The Bertz CT molecular complexity index is 359. The third kappa shape index (κ3) is 3.83.